The van der Waals surface area contributed by atoms with E-state index in [9.17, 15) is 0 Å². The number of aromatic nitrogens is 2. The van der Waals surface area contributed by atoms with E-state index in [1.54, 1.807) is 0 Å². The van der Waals surface area contributed by atoms with Crippen LogP contribution in [0.2, 0.25) is 0 Å². The van der Waals surface area contributed by atoms with Crippen LogP contribution in [0.3, 0.4) is 0 Å². The van der Waals surface area contributed by atoms with E-state index in [0.717, 1.165) is 27.8 Å². The molecule has 4 heteroatoms. The first-order valence-electron chi connectivity index (χ1n) is 6.34. The van der Waals surface area contributed by atoms with Crippen molar-refractivity contribution in [3.8, 4) is 11.1 Å². The van der Waals surface area contributed by atoms with Crippen molar-refractivity contribution in [2.75, 3.05) is 5.73 Å². The number of nitrogen functional groups attached to an aromatic ring is 1. The van der Waals surface area contributed by atoms with Crippen LogP contribution in [0.4, 0.5) is 5.69 Å². The van der Waals surface area contributed by atoms with Crippen LogP contribution in [0.1, 0.15) is 5.56 Å². The van der Waals surface area contributed by atoms with Crippen molar-refractivity contribution in [2.45, 2.75) is 6.54 Å². The highest BCUT2D eigenvalue weighted by molar-refractivity contribution is 9.10. The first-order chi connectivity index (χ1) is 9.72. The summed E-state index contributed by atoms with van der Waals surface area (Å²) >= 11 is 3.56. The lowest BCUT2D eigenvalue weighted by Gasteiger charge is -2.04. The lowest BCUT2D eigenvalue weighted by atomic mass is 10.1. The lowest BCUT2D eigenvalue weighted by Crippen LogP contribution is -2.00. The summed E-state index contributed by atoms with van der Waals surface area (Å²) in [7, 11) is 0. The van der Waals surface area contributed by atoms with Gasteiger partial charge in [0.05, 0.1) is 12.7 Å². The van der Waals surface area contributed by atoms with E-state index >= 15 is 0 Å². The Balaban J connectivity index is 1.84. The monoisotopic (exact) mass is 327 g/mol. The molecule has 2 N–H and O–H groups in total. The molecular formula is C16H14BrN3. The third kappa shape index (κ3) is 2.75. The summed E-state index contributed by atoms with van der Waals surface area (Å²) in [6.07, 6.45) is 3.92. The van der Waals surface area contributed by atoms with Crippen molar-refractivity contribution in [3.63, 3.8) is 0 Å². The van der Waals surface area contributed by atoms with E-state index in [4.69, 9.17) is 5.73 Å². The fourth-order valence-electron chi connectivity index (χ4n) is 2.08. The number of anilines is 1. The second kappa shape index (κ2) is 5.51. The molecule has 2 aromatic carbocycles. The minimum atomic E-state index is 0.746. The highest BCUT2D eigenvalue weighted by Crippen LogP contribution is 2.21. The van der Waals surface area contributed by atoms with Crippen LogP contribution in [0, 0.1) is 0 Å². The van der Waals surface area contributed by atoms with E-state index < -0.39 is 0 Å². The Morgan fingerprint density at radius 2 is 1.75 bits per heavy atom. The number of halogens is 1. The second-order valence-corrected chi connectivity index (χ2v) is 5.49. The van der Waals surface area contributed by atoms with Gasteiger partial charge in [0.2, 0.25) is 0 Å². The Morgan fingerprint density at radius 1 is 1.00 bits per heavy atom. The van der Waals surface area contributed by atoms with Gasteiger partial charge in [0.1, 0.15) is 0 Å². The average molecular weight is 328 g/mol. The molecule has 0 aliphatic carbocycles. The number of nitrogens with two attached hydrogens (primary N) is 1. The minimum absolute atomic E-state index is 0.746. The molecule has 1 aromatic heterocycles. The largest absolute Gasteiger partial charge is 0.399 e. The Hall–Kier alpha value is -2.07. The standard InChI is InChI=1S/C16H14BrN3/c17-16-4-2-1-3-13(16)10-20-11-14(9-19-20)12-5-7-15(18)8-6-12/h1-9,11H,10,18H2. The molecule has 0 saturated carbocycles. The van der Waals surface area contributed by atoms with Gasteiger partial charge >= 0.3 is 0 Å². The van der Waals surface area contributed by atoms with Gasteiger partial charge < -0.3 is 5.73 Å². The SMILES string of the molecule is Nc1ccc(-c2cnn(Cc3ccccc3Br)c2)cc1. The van der Waals surface area contributed by atoms with Crippen molar-refractivity contribution in [3.05, 3.63) is 71.0 Å². The molecule has 1 heterocycles. The zero-order valence-electron chi connectivity index (χ0n) is 10.8. The van der Waals surface area contributed by atoms with Gasteiger partial charge in [0, 0.05) is 21.9 Å². The first-order valence-corrected chi connectivity index (χ1v) is 7.13. The normalized spacial score (nSPS) is 10.7. The summed E-state index contributed by atoms with van der Waals surface area (Å²) < 4.78 is 3.04. The van der Waals surface area contributed by atoms with E-state index in [-0.39, 0.29) is 0 Å². The number of rotatable bonds is 3. The molecule has 0 radical (unpaired) electrons. The van der Waals surface area contributed by atoms with Gasteiger partial charge in [-0.25, -0.2) is 0 Å². The van der Waals surface area contributed by atoms with Crippen LogP contribution < -0.4 is 5.73 Å². The summed E-state index contributed by atoms with van der Waals surface area (Å²) in [6.45, 7) is 0.746. The van der Waals surface area contributed by atoms with Gasteiger partial charge in [-0.15, -0.1) is 0 Å². The second-order valence-electron chi connectivity index (χ2n) is 4.64. The zero-order valence-corrected chi connectivity index (χ0v) is 12.4. The smallest absolute Gasteiger partial charge is 0.0670 e. The van der Waals surface area contributed by atoms with Crippen LogP contribution in [-0.2, 0) is 6.54 Å². The first kappa shape index (κ1) is 12.9. The Labute approximate surface area is 126 Å². The Morgan fingerprint density at radius 3 is 2.50 bits per heavy atom. The third-order valence-electron chi connectivity index (χ3n) is 3.17. The maximum absolute atomic E-state index is 5.70. The quantitative estimate of drug-likeness (QED) is 0.740. The maximum atomic E-state index is 5.70. The summed E-state index contributed by atoms with van der Waals surface area (Å²) in [6, 6.07) is 16.0. The van der Waals surface area contributed by atoms with Gasteiger partial charge in [-0.05, 0) is 29.3 Å². The van der Waals surface area contributed by atoms with Crippen molar-refractivity contribution < 1.29 is 0 Å². The van der Waals surface area contributed by atoms with Crippen molar-refractivity contribution in [1.29, 1.82) is 0 Å². The van der Waals surface area contributed by atoms with Crippen LogP contribution in [0.25, 0.3) is 11.1 Å². The highest BCUT2D eigenvalue weighted by atomic mass is 79.9. The van der Waals surface area contributed by atoms with Gasteiger partial charge in [0.15, 0.2) is 0 Å². The summed E-state index contributed by atoms with van der Waals surface area (Å²) in [5.74, 6) is 0. The van der Waals surface area contributed by atoms with Gasteiger partial charge in [-0.2, -0.15) is 5.10 Å². The van der Waals surface area contributed by atoms with Crippen LogP contribution in [0.15, 0.2) is 65.4 Å². The average Bonchev–Trinajstić information content (AvgIpc) is 2.91. The van der Waals surface area contributed by atoms with Crippen LogP contribution in [0.5, 0.6) is 0 Å². The maximum Gasteiger partial charge on any atom is 0.0670 e. The molecule has 0 atom stereocenters. The number of nitrogens with zero attached hydrogens (tertiary/aromatic N) is 2. The molecule has 0 aliphatic heterocycles. The molecule has 0 fully saturated rings. The molecule has 0 amide bonds. The molecule has 0 saturated heterocycles. The summed E-state index contributed by atoms with van der Waals surface area (Å²) in [4.78, 5) is 0. The van der Waals surface area contributed by atoms with Crippen LogP contribution >= 0.6 is 15.9 Å². The van der Waals surface area contributed by atoms with Gasteiger partial charge in [-0.3, -0.25) is 4.68 Å². The van der Waals surface area contributed by atoms with Crippen molar-refractivity contribution in [1.82, 2.24) is 9.78 Å². The molecule has 100 valence electrons. The van der Waals surface area contributed by atoms with Crippen molar-refractivity contribution >= 4 is 21.6 Å². The predicted molar refractivity (Wildman–Crippen MR) is 85.3 cm³/mol. The van der Waals surface area contributed by atoms with E-state index in [1.165, 1.54) is 5.56 Å². The van der Waals surface area contributed by atoms with Gasteiger partial charge in [-0.1, -0.05) is 46.3 Å². The number of hydrogen-bond acceptors (Lipinski definition) is 2. The molecule has 3 aromatic rings. The lowest BCUT2D eigenvalue weighted by molar-refractivity contribution is 0.685. The Kier molecular flexibility index (Phi) is 3.56. The molecule has 0 aliphatic rings. The van der Waals surface area contributed by atoms with Crippen molar-refractivity contribution in [2.24, 2.45) is 0 Å². The fraction of sp³-hybridized carbons (Fsp3) is 0.0625. The highest BCUT2D eigenvalue weighted by Gasteiger charge is 2.04. The summed E-state index contributed by atoms with van der Waals surface area (Å²) in [5, 5.41) is 4.42. The van der Waals surface area contributed by atoms with E-state index in [2.05, 4.69) is 27.1 Å². The molecule has 3 rings (SSSR count). The zero-order chi connectivity index (χ0) is 13.9. The minimum Gasteiger partial charge on any atom is -0.399 e. The van der Waals surface area contributed by atoms with E-state index in [1.807, 2.05) is 59.5 Å². The van der Waals surface area contributed by atoms with Crippen LogP contribution in [-0.4, -0.2) is 9.78 Å². The molecular weight excluding hydrogens is 314 g/mol. The topological polar surface area (TPSA) is 43.8 Å². The molecule has 0 unspecified atom stereocenters. The molecule has 0 spiro atoms. The Bertz CT molecular complexity index is 717. The van der Waals surface area contributed by atoms with Gasteiger partial charge in [0.25, 0.3) is 0 Å². The van der Waals surface area contributed by atoms with E-state index in [0.29, 0.717) is 0 Å². The molecule has 3 nitrogen and oxygen atoms in total. The summed E-state index contributed by atoms with van der Waals surface area (Å²) in [5.41, 5.74) is 9.90. The number of hydrogen-bond donors (Lipinski definition) is 1. The third-order valence-corrected chi connectivity index (χ3v) is 3.94. The number of benzene rings is 2. The fourth-order valence-corrected chi connectivity index (χ4v) is 2.49. The molecule has 0 bridgehead atoms. The molecule has 20 heavy (non-hydrogen) atoms. The predicted octanol–water partition coefficient (Wildman–Crippen LogP) is 3.94.